The summed E-state index contributed by atoms with van der Waals surface area (Å²) in [7, 11) is 1.82. The number of aromatic nitrogens is 3. The molecule has 0 bridgehead atoms. The van der Waals surface area contributed by atoms with Crippen molar-refractivity contribution < 1.29 is 32.0 Å². The lowest BCUT2D eigenvalue weighted by molar-refractivity contribution is -0.362. The van der Waals surface area contributed by atoms with Crippen LogP contribution in [0.25, 0.3) is 22.0 Å². The predicted molar refractivity (Wildman–Crippen MR) is 133 cm³/mol. The van der Waals surface area contributed by atoms with Crippen LogP contribution in [0.3, 0.4) is 0 Å². The van der Waals surface area contributed by atoms with Crippen LogP contribution in [-0.2, 0) is 12.0 Å². The van der Waals surface area contributed by atoms with Crippen LogP contribution in [0.2, 0.25) is 0 Å². The van der Waals surface area contributed by atoms with Crippen LogP contribution in [0.15, 0.2) is 33.8 Å². The van der Waals surface area contributed by atoms with Gasteiger partial charge in [-0.25, -0.2) is 9.78 Å². The Morgan fingerprint density at radius 1 is 1.22 bits per heavy atom. The van der Waals surface area contributed by atoms with Gasteiger partial charge >= 0.3 is 17.8 Å². The molecule has 1 aliphatic rings. The average Bonchev–Trinajstić information content (AvgIpc) is 3.60. The van der Waals surface area contributed by atoms with Crippen LogP contribution < -0.4 is 10.7 Å². The van der Waals surface area contributed by atoms with Crippen molar-refractivity contribution in [2.75, 3.05) is 12.9 Å². The van der Waals surface area contributed by atoms with Gasteiger partial charge in [-0.2, -0.15) is 27.2 Å². The number of thioether (sulfide) groups is 1. The number of H-pyrrole nitrogens is 1. The zero-order chi connectivity index (χ0) is 27.8. The minimum absolute atomic E-state index is 0.0317. The number of alkyl halides is 5. The molecule has 13 heteroatoms. The Morgan fingerprint density at radius 2 is 1.86 bits per heavy atom. The van der Waals surface area contributed by atoms with E-state index in [1.807, 2.05) is 18.8 Å². The highest BCUT2D eigenvalue weighted by Gasteiger charge is 2.58. The van der Waals surface area contributed by atoms with Crippen molar-refractivity contribution >= 4 is 31.0 Å². The number of aliphatic hydroxyl groups excluding tert-OH is 1. The molecule has 3 heterocycles. The molecule has 6 nitrogen and oxygen atoms in total. The molecular weight excluding hydrogens is 534 g/mol. The molecule has 1 aliphatic carbocycles. The van der Waals surface area contributed by atoms with Gasteiger partial charge in [0.2, 0.25) is 5.69 Å². The molecule has 2 N–H and O–H groups in total. The highest BCUT2D eigenvalue weighted by Crippen LogP contribution is 2.50. The van der Waals surface area contributed by atoms with Crippen LogP contribution >= 0.6 is 20.0 Å². The SMILES string of the molecule is CCSc1cc(C2(C#N)CC2)cpc1-c1cc2c(c[nH+]1)n(CC(F)(F)C(F)(F)F)c(=O)n2C(C)C.CO. The number of pyridine rings is 1. The average molecular weight is 562 g/mol. The van der Waals surface area contributed by atoms with E-state index in [9.17, 15) is 32.0 Å². The number of aliphatic hydroxyl groups is 1. The second kappa shape index (κ2) is 10.7. The number of rotatable bonds is 7. The highest BCUT2D eigenvalue weighted by atomic mass is 32.2. The van der Waals surface area contributed by atoms with Gasteiger partial charge in [-0.3, -0.25) is 9.13 Å². The Bertz CT molecular complexity index is 1390. The molecule has 200 valence electrons. The summed E-state index contributed by atoms with van der Waals surface area (Å²) in [6, 6.07) is 5.56. The Morgan fingerprint density at radius 3 is 2.38 bits per heavy atom. The van der Waals surface area contributed by atoms with Crippen molar-refractivity contribution in [3.8, 4) is 17.1 Å². The maximum absolute atomic E-state index is 13.9. The molecule has 0 atom stereocenters. The third-order valence-corrected chi connectivity index (χ3v) is 8.33. The summed E-state index contributed by atoms with van der Waals surface area (Å²) >= 11 is 1.60. The van der Waals surface area contributed by atoms with Gasteiger partial charge in [0, 0.05) is 24.1 Å². The zero-order valence-corrected chi connectivity index (χ0v) is 22.4. The van der Waals surface area contributed by atoms with E-state index in [-0.39, 0.29) is 11.0 Å². The predicted octanol–water partition coefficient (Wildman–Crippen LogP) is 5.92. The third-order valence-electron chi connectivity index (χ3n) is 6.11. The van der Waals surface area contributed by atoms with E-state index in [4.69, 9.17) is 5.11 Å². The number of nitriles is 1. The van der Waals surface area contributed by atoms with Crippen LogP contribution in [0.5, 0.6) is 0 Å². The summed E-state index contributed by atoms with van der Waals surface area (Å²) in [5, 5.41) is 17.4. The van der Waals surface area contributed by atoms with Crippen LogP contribution in [0.4, 0.5) is 22.0 Å². The number of halogens is 5. The minimum Gasteiger partial charge on any atom is -0.400 e. The number of nitrogens with one attached hydrogen (secondary N) is 1. The Balaban J connectivity index is 0.00000186. The first-order valence-electron chi connectivity index (χ1n) is 11.5. The zero-order valence-electron chi connectivity index (χ0n) is 20.7. The lowest BCUT2D eigenvalue weighted by atomic mass is 10.0. The van der Waals surface area contributed by atoms with Gasteiger partial charge in [-0.15, -0.1) is 11.8 Å². The quantitative estimate of drug-likeness (QED) is 0.287. The molecule has 0 unspecified atom stereocenters. The van der Waals surface area contributed by atoms with Crippen molar-refractivity contribution in [1.82, 2.24) is 9.13 Å². The fourth-order valence-electron chi connectivity index (χ4n) is 4.06. The number of nitrogens with zero attached hydrogens (tertiary/aromatic N) is 3. The molecule has 3 aromatic heterocycles. The first-order valence-corrected chi connectivity index (χ1v) is 13.4. The molecule has 1 saturated carbocycles. The summed E-state index contributed by atoms with van der Waals surface area (Å²) in [4.78, 5) is 16.9. The Hall–Kier alpha value is -2.48. The van der Waals surface area contributed by atoms with Gasteiger partial charge in [0.15, 0.2) is 6.20 Å². The van der Waals surface area contributed by atoms with Crippen LogP contribution in [0, 0.1) is 11.3 Å². The summed E-state index contributed by atoms with van der Waals surface area (Å²) in [6.45, 7) is 3.53. The number of hydrogen-bond donors (Lipinski definition) is 1. The molecule has 4 rings (SSSR count). The van der Waals surface area contributed by atoms with Gasteiger partial charge in [0.25, 0.3) is 0 Å². The molecular formula is C24H27F5N4O2PS+. The fourth-order valence-corrected chi connectivity index (χ4v) is 6.23. The van der Waals surface area contributed by atoms with E-state index in [2.05, 4.69) is 11.1 Å². The lowest BCUT2D eigenvalue weighted by Gasteiger charge is -2.19. The van der Waals surface area contributed by atoms with Crippen molar-refractivity contribution in [3.05, 3.63) is 40.2 Å². The van der Waals surface area contributed by atoms with Gasteiger partial charge in [-0.1, -0.05) is 15.1 Å². The van der Waals surface area contributed by atoms with Crippen LogP contribution in [-0.4, -0.2) is 39.2 Å². The number of imidazole rings is 1. The maximum Gasteiger partial charge on any atom is 0.455 e. The summed E-state index contributed by atoms with van der Waals surface area (Å²) in [6.07, 6.45) is -2.83. The Kier molecular flexibility index (Phi) is 8.42. The maximum atomic E-state index is 13.9. The topological polar surface area (TPSA) is 85.1 Å². The lowest BCUT2D eigenvalue weighted by Crippen LogP contribution is -2.43. The van der Waals surface area contributed by atoms with Gasteiger partial charge in [-0.05, 0) is 49.9 Å². The number of aromatic amines is 1. The van der Waals surface area contributed by atoms with Gasteiger partial charge < -0.3 is 5.11 Å². The second-order valence-corrected chi connectivity index (χ2v) is 11.1. The van der Waals surface area contributed by atoms with E-state index in [1.54, 1.807) is 31.7 Å². The summed E-state index contributed by atoms with van der Waals surface area (Å²) in [5.74, 6) is -2.30. The number of hydrogen-bond acceptors (Lipinski definition) is 4. The van der Waals surface area contributed by atoms with E-state index in [1.165, 1.54) is 10.8 Å². The largest absolute Gasteiger partial charge is 0.455 e. The molecule has 0 aromatic carbocycles. The first-order chi connectivity index (χ1) is 17.3. The smallest absolute Gasteiger partial charge is 0.400 e. The molecule has 0 spiro atoms. The highest BCUT2D eigenvalue weighted by molar-refractivity contribution is 7.99. The minimum atomic E-state index is -5.78. The Labute approximate surface area is 216 Å². The van der Waals surface area contributed by atoms with E-state index in [0.29, 0.717) is 10.3 Å². The van der Waals surface area contributed by atoms with Crippen molar-refractivity contribution in [3.63, 3.8) is 0 Å². The first kappa shape index (κ1) is 29.1. The fraction of sp³-hybridized carbons (Fsp3) is 0.500. The molecule has 1 fully saturated rings. The number of fused-ring (bicyclic) bond motifs is 1. The molecule has 37 heavy (non-hydrogen) atoms. The molecule has 3 aromatic rings. The monoisotopic (exact) mass is 561 g/mol. The third kappa shape index (κ3) is 5.40. The molecule has 0 saturated heterocycles. The van der Waals surface area contributed by atoms with E-state index >= 15 is 0 Å². The summed E-state index contributed by atoms with van der Waals surface area (Å²) < 4.78 is 68.0. The summed E-state index contributed by atoms with van der Waals surface area (Å²) in [5.41, 5.74) is 0.465. The van der Waals surface area contributed by atoms with Crippen molar-refractivity contribution in [2.45, 2.75) is 68.6 Å². The van der Waals surface area contributed by atoms with Crippen molar-refractivity contribution in [1.29, 1.82) is 5.26 Å². The molecule has 0 radical (unpaired) electrons. The van der Waals surface area contributed by atoms with Crippen LogP contribution in [0.1, 0.15) is 45.2 Å². The van der Waals surface area contributed by atoms with E-state index < -0.39 is 35.8 Å². The van der Waals surface area contributed by atoms with E-state index in [0.717, 1.165) is 49.7 Å². The molecule has 0 aliphatic heterocycles. The van der Waals surface area contributed by atoms with Gasteiger partial charge in [0.05, 0.1) is 22.3 Å². The second-order valence-electron chi connectivity index (χ2n) is 8.85. The van der Waals surface area contributed by atoms with Gasteiger partial charge in [0.1, 0.15) is 12.1 Å². The standard InChI is InChI=1S/C23H22F5N4OPS.CH4O/c1-4-35-18-7-14(21(11-29)5-6-21)10-34-19(18)15-8-16-17(9-30-15)31(20(33)32(16)13(2)3)12-22(24,25)23(26,27)28;1-2/h7-10,13H,4-6,12H2,1-3H3;2H,1H3/p+1. The normalized spacial score (nSPS) is 15.1. The molecule has 0 amide bonds. The van der Waals surface area contributed by atoms with Crippen molar-refractivity contribution in [2.24, 2.45) is 0 Å².